The molecule has 0 saturated heterocycles. The second-order valence-electron chi connectivity index (χ2n) is 4.80. The van der Waals surface area contributed by atoms with Crippen molar-refractivity contribution in [2.75, 3.05) is 0 Å². The molecule has 2 aromatic rings. The highest BCUT2D eigenvalue weighted by molar-refractivity contribution is 7.12. The van der Waals surface area contributed by atoms with Gasteiger partial charge in [0.15, 0.2) is 5.06 Å². The number of benzene rings is 1. The molecule has 1 amide bonds. The van der Waals surface area contributed by atoms with Crippen molar-refractivity contribution < 1.29 is 9.53 Å². The molecule has 0 unspecified atom stereocenters. The minimum absolute atomic E-state index is 0.144. The largest absolute Gasteiger partial charge is 0.413 e. The third-order valence-electron chi connectivity index (χ3n) is 3.37. The number of fused-ring (bicyclic) bond motifs is 1. The van der Waals surface area contributed by atoms with Gasteiger partial charge in [-0.3, -0.25) is 0 Å². The van der Waals surface area contributed by atoms with Gasteiger partial charge in [0.2, 0.25) is 0 Å². The first-order valence-corrected chi connectivity index (χ1v) is 7.19. The molecule has 0 bridgehead atoms. The van der Waals surface area contributed by atoms with Crippen LogP contribution in [0.15, 0.2) is 35.7 Å². The van der Waals surface area contributed by atoms with Crippen LogP contribution in [-0.4, -0.2) is 12.1 Å². The molecular formula is C15H15NO2S. The number of ether oxygens (including phenoxy) is 1. The summed E-state index contributed by atoms with van der Waals surface area (Å²) >= 11 is 1.44. The number of hydrogen-bond donors (Lipinski definition) is 1. The van der Waals surface area contributed by atoms with Crippen molar-refractivity contribution in [3.8, 4) is 5.06 Å². The molecule has 3 nitrogen and oxygen atoms in total. The number of carbonyl (C=O) groups is 1. The Balaban J connectivity index is 1.59. The van der Waals surface area contributed by atoms with Gasteiger partial charge >= 0.3 is 6.09 Å². The van der Waals surface area contributed by atoms with Crippen LogP contribution in [-0.2, 0) is 12.8 Å². The van der Waals surface area contributed by atoms with Crippen LogP contribution in [0, 0.1) is 6.92 Å². The lowest BCUT2D eigenvalue weighted by Crippen LogP contribution is -2.37. The molecule has 1 heterocycles. The Bertz CT molecular complexity index is 581. The third-order valence-corrected chi connectivity index (χ3v) is 4.27. The van der Waals surface area contributed by atoms with E-state index in [2.05, 4.69) is 17.4 Å². The van der Waals surface area contributed by atoms with Gasteiger partial charge in [0.25, 0.3) is 0 Å². The monoisotopic (exact) mass is 273 g/mol. The number of nitrogens with one attached hydrogen (secondary N) is 1. The van der Waals surface area contributed by atoms with Gasteiger partial charge in [-0.15, -0.1) is 11.3 Å². The topological polar surface area (TPSA) is 38.3 Å². The first-order chi connectivity index (χ1) is 9.22. The van der Waals surface area contributed by atoms with E-state index in [1.165, 1.54) is 22.5 Å². The van der Waals surface area contributed by atoms with E-state index in [9.17, 15) is 4.79 Å². The van der Waals surface area contributed by atoms with Crippen molar-refractivity contribution >= 4 is 17.4 Å². The van der Waals surface area contributed by atoms with Crippen molar-refractivity contribution in [3.05, 3.63) is 52.4 Å². The fourth-order valence-corrected chi connectivity index (χ4v) is 3.18. The molecule has 1 aromatic carbocycles. The summed E-state index contributed by atoms with van der Waals surface area (Å²) < 4.78 is 5.31. The summed E-state index contributed by atoms with van der Waals surface area (Å²) in [5.41, 5.74) is 3.63. The molecule has 1 aliphatic rings. The van der Waals surface area contributed by atoms with Crippen molar-refractivity contribution in [3.63, 3.8) is 0 Å². The summed E-state index contributed by atoms with van der Waals surface area (Å²) in [7, 11) is 0. The smallest absolute Gasteiger partial charge is 0.399 e. The maximum absolute atomic E-state index is 11.8. The van der Waals surface area contributed by atoms with Gasteiger partial charge in [0, 0.05) is 11.6 Å². The predicted octanol–water partition coefficient (Wildman–Crippen LogP) is 3.31. The maximum Gasteiger partial charge on any atom is 0.413 e. The first kappa shape index (κ1) is 12.2. The number of carbonyl (C=O) groups excluding carboxylic acids is 1. The Hall–Kier alpha value is -1.81. The highest BCUT2D eigenvalue weighted by Crippen LogP contribution is 2.25. The average Bonchev–Trinajstić information content (AvgIpc) is 2.95. The molecule has 0 aliphatic heterocycles. The van der Waals surface area contributed by atoms with Crippen LogP contribution in [0.1, 0.15) is 16.7 Å². The number of hydrogen-bond acceptors (Lipinski definition) is 3. The summed E-state index contributed by atoms with van der Waals surface area (Å²) in [4.78, 5) is 11.8. The molecule has 3 rings (SSSR count). The maximum atomic E-state index is 11.8. The van der Waals surface area contributed by atoms with Gasteiger partial charge in [0.05, 0.1) is 0 Å². The molecule has 0 radical (unpaired) electrons. The van der Waals surface area contributed by atoms with E-state index in [1.807, 2.05) is 30.5 Å². The number of amides is 1. The first-order valence-electron chi connectivity index (χ1n) is 6.31. The van der Waals surface area contributed by atoms with Crippen LogP contribution in [0.2, 0.25) is 0 Å². The molecule has 1 N–H and O–H groups in total. The Labute approximate surface area is 116 Å². The molecule has 1 aromatic heterocycles. The summed E-state index contributed by atoms with van der Waals surface area (Å²) in [5.74, 6) is 0. The lowest BCUT2D eigenvalue weighted by Gasteiger charge is -2.11. The van der Waals surface area contributed by atoms with E-state index in [1.54, 1.807) is 0 Å². The molecule has 0 saturated carbocycles. The number of aryl methyl sites for hydroxylation is 1. The van der Waals surface area contributed by atoms with Crippen molar-refractivity contribution in [1.82, 2.24) is 5.32 Å². The molecule has 0 fully saturated rings. The van der Waals surface area contributed by atoms with Gasteiger partial charge in [0.1, 0.15) is 0 Å². The van der Waals surface area contributed by atoms with Crippen LogP contribution >= 0.6 is 11.3 Å². The van der Waals surface area contributed by atoms with Crippen molar-refractivity contribution in [2.45, 2.75) is 25.8 Å². The predicted molar refractivity (Wildman–Crippen MR) is 75.9 cm³/mol. The van der Waals surface area contributed by atoms with E-state index >= 15 is 0 Å². The summed E-state index contributed by atoms with van der Waals surface area (Å²) in [6, 6.07) is 10.4. The molecule has 4 heteroatoms. The van der Waals surface area contributed by atoms with E-state index < -0.39 is 0 Å². The summed E-state index contributed by atoms with van der Waals surface area (Å²) in [6.45, 7) is 1.94. The average molecular weight is 273 g/mol. The van der Waals surface area contributed by atoms with Crippen LogP contribution in [0.4, 0.5) is 4.79 Å². The third kappa shape index (κ3) is 2.63. The molecule has 0 spiro atoms. The second kappa shape index (κ2) is 5.05. The Morgan fingerprint density at radius 2 is 1.95 bits per heavy atom. The number of thiophene rings is 1. The molecule has 98 valence electrons. The van der Waals surface area contributed by atoms with E-state index in [0.717, 1.165) is 18.4 Å². The van der Waals surface area contributed by atoms with Crippen LogP contribution < -0.4 is 10.1 Å². The fourth-order valence-electron chi connectivity index (χ4n) is 2.40. The Kier molecular flexibility index (Phi) is 3.25. The van der Waals surface area contributed by atoms with Crippen LogP contribution in [0.3, 0.4) is 0 Å². The van der Waals surface area contributed by atoms with Gasteiger partial charge < -0.3 is 10.1 Å². The SMILES string of the molecule is Cc1ccsc1OC(=O)NC1Cc2ccccc2C1. The van der Waals surface area contributed by atoms with Crippen molar-refractivity contribution in [2.24, 2.45) is 0 Å². The van der Waals surface area contributed by atoms with Crippen LogP contribution in [0.5, 0.6) is 5.06 Å². The van der Waals surface area contributed by atoms with Crippen LogP contribution in [0.25, 0.3) is 0 Å². The molecule has 19 heavy (non-hydrogen) atoms. The summed E-state index contributed by atoms with van der Waals surface area (Å²) in [5, 5.41) is 5.53. The van der Waals surface area contributed by atoms with Gasteiger partial charge in [-0.2, -0.15) is 0 Å². The minimum atomic E-state index is -0.358. The van der Waals surface area contributed by atoms with E-state index in [0.29, 0.717) is 5.06 Å². The highest BCUT2D eigenvalue weighted by Gasteiger charge is 2.23. The standard InChI is InChI=1S/C15H15NO2S/c1-10-6-7-19-14(10)18-15(17)16-13-8-11-4-2-3-5-12(11)9-13/h2-7,13H,8-9H2,1H3,(H,16,17). The Morgan fingerprint density at radius 1 is 1.26 bits per heavy atom. The quantitative estimate of drug-likeness (QED) is 0.911. The molecule has 1 aliphatic carbocycles. The fraction of sp³-hybridized carbons (Fsp3) is 0.267. The minimum Gasteiger partial charge on any atom is -0.399 e. The highest BCUT2D eigenvalue weighted by atomic mass is 32.1. The summed E-state index contributed by atoms with van der Waals surface area (Å²) in [6.07, 6.45) is 1.41. The lowest BCUT2D eigenvalue weighted by molar-refractivity contribution is 0.197. The van der Waals surface area contributed by atoms with E-state index in [-0.39, 0.29) is 12.1 Å². The normalized spacial score (nSPS) is 14.2. The second-order valence-corrected chi connectivity index (χ2v) is 5.68. The van der Waals surface area contributed by atoms with Gasteiger partial charge in [-0.1, -0.05) is 24.3 Å². The zero-order valence-corrected chi connectivity index (χ0v) is 11.5. The molecular weight excluding hydrogens is 258 g/mol. The zero-order valence-electron chi connectivity index (χ0n) is 10.7. The van der Waals surface area contributed by atoms with Gasteiger partial charge in [-0.25, -0.2) is 4.79 Å². The molecule has 0 atom stereocenters. The number of rotatable bonds is 2. The lowest BCUT2D eigenvalue weighted by atomic mass is 10.1. The Morgan fingerprint density at radius 3 is 2.53 bits per heavy atom. The van der Waals surface area contributed by atoms with E-state index in [4.69, 9.17) is 4.74 Å². The van der Waals surface area contributed by atoms with Crippen molar-refractivity contribution in [1.29, 1.82) is 0 Å². The zero-order chi connectivity index (χ0) is 13.2. The van der Waals surface area contributed by atoms with Gasteiger partial charge in [-0.05, 0) is 42.3 Å².